The Hall–Kier alpha value is -4.52. The van der Waals surface area contributed by atoms with Gasteiger partial charge in [-0.25, -0.2) is 9.78 Å². The second kappa shape index (κ2) is 10.6. The molecule has 2 amide bonds. The van der Waals surface area contributed by atoms with E-state index in [1.54, 1.807) is 24.1 Å². The van der Waals surface area contributed by atoms with Gasteiger partial charge in [0.05, 0.1) is 24.4 Å². The second-order valence-corrected chi connectivity index (χ2v) is 11.1. The van der Waals surface area contributed by atoms with E-state index in [2.05, 4.69) is 11.4 Å². The summed E-state index contributed by atoms with van der Waals surface area (Å²) in [6.07, 6.45) is 1.05. The fourth-order valence-corrected chi connectivity index (χ4v) is 5.39. The molecule has 40 heavy (non-hydrogen) atoms. The first kappa shape index (κ1) is 27.1. The number of hydrogen-bond donors (Lipinski definition) is 1. The first-order valence-electron chi connectivity index (χ1n) is 13.4. The van der Waals surface area contributed by atoms with E-state index in [0.717, 1.165) is 35.0 Å². The Kier molecular flexibility index (Phi) is 7.15. The van der Waals surface area contributed by atoms with Crippen molar-refractivity contribution in [3.8, 4) is 23.3 Å². The Balaban J connectivity index is 1.47. The van der Waals surface area contributed by atoms with E-state index in [1.807, 2.05) is 67.3 Å². The van der Waals surface area contributed by atoms with Crippen LogP contribution in [0.1, 0.15) is 44.0 Å². The molecular weight excluding hydrogens is 508 g/mol. The fraction of sp³-hybridized carbons (Fsp3) is 0.400. The number of carbonyl (C=O) groups is 2. The average Bonchev–Trinajstić information content (AvgIpc) is 3.44. The summed E-state index contributed by atoms with van der Waals surface area (Å²) in [5, 5.41) is 13.4. The zero-order chi connectivity index (χ0) is 28.6. The third kappa shape index (κ3) is 5.19. The maximum absolute atomic E-state index is 13.6. The summed E-state index contributed by atoms with van der Waals surface area (Å²) in [6.45, 7) is 6.62. The van der Waals surface area contributed by atoms with Gasteiger partial charge in [0.1, 0.15) is 23.4 Å². The van der Waals surface area contributed by atoms with Gasteiger partial charge in [0.25, 0.3) is 5.91 Å². The number of nitrogens with zero attached hydrogens (tertiary/aromatic N) is 5. The number of benzene rings is 2. The SMILES string of the molecule is COc1cc(C(=O)N2CCCC(NC(=O)OC(C)(C)C)C2)cc2nc(-c3cc4ccccc4n3CC#N)n(C)c12. The largest absolute Gasteiger partial charge is 0.494 e. The number of ether oxygens (including phenoxy) is 2. The first-order valence-corrected chi connectivity index (χ1v) is 13.4. The van der Waals surface area contributed by atoms with Gasteiger partial charge in [0, 0.05) is 42.6 Å². The zero-order valence-electron chi connectivity index (χ0n) is 23.5. The van der Waals surface area contributed by atoms with E-state index in [1.165, 1.54) is 0 Å². The lowest BCUT2D eigenvalue weighted by Gasteiger charge is -2.33. The number of rotatable bonds is 5. The van der Waals surface area contributed by atoms with Gasteiger partial charge in [-0.05, 0) is 57.9 Å². The number of amides is 2. The number of nitriles is 1. The molecule has 0 radical (unpaired) electrons. The molecule has 1 aliphatic rings. The van der Waals surface area contributed by atoms with Crippen molar-refractivity contribution in [3.63, 3.8) is 0 Å². The molecule has 1 saturated heterocycles. The van der Waals surface area contributed by atoms with Crippen molar-refractivity contribution in [2.45, 2.75) is 51.8 Å². The second-order valence-electron chi connectivity index (χ2n) is 11.1. The highest BCUT2D eigenvalue weighted by molar-refractivity contribution is 6.00. The number of hydrogen-bond acceptors (Lipinski definition) is 6. The number of methoxy groups -OCH3 is 1. The number of aromatic nitrogens is 3. The number of fused-ring (bicyclic) bond motifs is 2. The molecule has 10 nitrogen and oxygen atoms in total. The van der Waals surface area contributed by atoms with Crippen molar-refractivity contribution >= 4 is 33.9 Å². The number of aryl methyl sites for hydroxylation is 1. The number of carbonyl (C=O) groups excluding carboxylic acids is 2. The summed E-state index contributed by atoms with van der Waals surface area (Å²) in [6, 6.07) is 15.5. The molecule has 0 spiro atoms. The van der Waals surface area contributed by atoms with Crippen molar-refractivity contribution in [1.82, 2.24) is 24.3 Å². The summed E-state index contributed by atoms with van der Waals surface area (Å²) in [5.41, 5.74) is 3.01. The molecule has 0 aliphatic carbocycles. The molecule has 2 aromatic heterocycles. The molecule has 0 saturated carbocycles. The minimum Gasteiger partial charge on any atom is -0.494 e. The molecule has 208 valence electrons. The predicted molar refractivity (Wildman–Crippen MR) is 152 cm³/mol. The molecule has 1 unspecified atom stereocenters. The predicted octanol–water partition coefficient (Wildman–Crippen LogP) is 4.86. The normalized spacial score (nSPS) is 15.7. The van der Waals surface area contributed by atoms with Crippen LogP contribution in [0.2, 0.25) is 0 Å². The maximum Gasteiger partial charge on any atom is 0.407 e. The summed E-state index contributed by atoms with van der Waals surface area (Å²) < 4.78 is 15.0. The molecule has 5 rings (SSSR count). The summed E-state index contributed by atoms with van der Waals surface area (Å²) in [7, 11) is 3.48. The van der Waals surface area contributed by atoms with Crippen LogP contribution in [-0.4, -0.2) is 62.9 Å². The molecule has 1 N–H and O–H groups in total. The number of likely N-dealkylation sites (tertiary alicyclic amines) is 1. The van der Waals surface area contributed by atoms with Gasteiger partial charge in [0.15, 0.2) is 5.82 Å². The highest BCUT2D eigenvalue weighted by Gasteiger charge is 2.28. The van der Waals surface area contributed by atoms with E-state index in [0.29, 0.717) is 35.7 Å². The van der Waals surface area contributed by atoms with Crippen molar-refractivity contribution in [2.24, 2.45) is 7.05 Å². The van der Waals surface area contributed by atoms with Crippen molar-refractivity contribution in [2.75, 3.05) is 20.2 Å². The van der Waals surface area contributed by atoms with Crippen molar-refractivity contribution in [1.29, 1.82) is 5.26 Å². The smallest absolute Gasteiger partial charge is 0.407 e. The quantitative estimate of drug-likeness (QED) is 0.385. The van der Waals surface area contributed by atoms with Crippen molar-refractivity contribution in [3.05, 3.63) is 48.0 Å². The van der Waals surface area contributed by atoms with E-state index >= 15 is 0 Å². The topological polar surface area (TPSA) is 114 Å². The molecule has 10 heteroatoms. The molecule has 1 aliphatic heterocycles. The van der Waals surface area contributed by atoms with Crippen LogP contribution in [0.3, 0.4) is 0 Å². The minimum absolute atomic E-state index is 0.151. The number of imidazole rings is 1. The van der Waals surface area contributed by atoms with Gasteiger partial charge in [-0.15, -0.1) is 0 Å². The minimum atomic E-state index is -0.593. The highest BCUT2D eigenvalue weighted by Crippen LogP contribution is 2.34. The van der Waals surface area contributed by atoms with Crippen molar-refractivity contribution < 1.29 is 19.1 Å². The van der Waals surface area contributed by atoms with E-state index in [-0.39, 0.29) is 18.5 Å². The molecule has 4 aromatic rings. The van der Waals surface area contributed by atoms with E-state index < -0.39 is 11.7 Å². The zero-order valence-corrected chi connectivity index (χ0v) is 23.5. The third-order valence-corrected chi connectivity index (χ3v) is 7.10. The molecule has 1 fully saturated rings. The lowest BCUT2D eigenvalue weighted by molar-refractivity contribution is 0.0452. The molecule has 1 atom stereocenters. The van der Waals surface area contributed by atoms with Crippen LogP contribution in [0.25, 0.3) is 33.5 Å². The molecule has 0 bridgehead atoms. The van der Waals surface area contributed by atoms with Crippen LogP contribution in [0.15, 0.2) is 42.5 Å². The lowest BCUT2D eigenvalue weighted by Crippen LogP contribution is -2.50. The van der Waals surface area contributed by atoms with Crippen LogP contribution in [0.4, 0.5) is 4.79 Å². The van der Waals surface area contributed by atoms with Gasteiger partial charge in [-0.2, -0.15) is 5.26 Å². The summed E-state index contributed by atoms with van der Waals surface area (Å²) >= 11 is 0. The number of para-hydroxylation sites is 1. The molecule has 3 heterocycles. The van der Waals surface area contributed by atoms with Gasteiger partial charge in [0.2, 0.25) is 0 Å². The van der Waals surface area contributed by atoms with Gasteiger partial charge in [-0.1, -0.05) is 18.2 Å². The van der Waals surface area contributed by atoms with Gasteiger partial charge >= 0.3 is 6.09 Å². The number of nitrogens with one attached hydrogen (secondary N) is 1. The first-order chi connectivity index (χ1) is 19.1. The summed E-state index contributed by atoms with van der Waals surface area (Å²) in [5.74, 6) is 1.05. The fourth-order valence-electron chi connectivity index (χ4n) is 5.39. The van der Waals surface area contributed by atoms with Crippen LogP contribution in [-0.2, 0) is 18.3 Å². The molecular formula is C30H34N6O4. The van der Waals surface area contributed by atoms with Gasteiger partial charge < -0.3 is 28.8 Å². The number of piperidine rings is 1. The van der Waals surface area contributed by atoms with Crippen LogP contribution in [0.5, 0.6) is 5.75 Å². The average molecular weight is 543 g/mol. The lowest BCUT2D eigenvalue weighted by atomic mass is 10.0. The Labute approximate surface area is 233 Å². The Bertz CT molecular complexity index is 1640. The van der Waals surface area contributed by atoms with Crippen LogP contribution in [0, 0.1) is 11.3 Å². The Morgan fingerprint density at radius 3 is 2.70 bits per heavy atom. The Morgan fingerprint density at radius 1 is 1.20 bits per heavy atom. The standard InChI is InChI=1S/C30H34N6O4/c1-30(2,3)40-29(38)32-21-10-8-13-35(18-21)28(37)20-15-22-26(25(17-20)39-5)34(4)27(33-22)24-16-19-9-6-7-11-23(19)36(24)14-12-31/h6-7,9,11,15-17,21H,8,10,13-14,18H2,1-5H3,(H,32,38). The molecule has 2 aromatic carbocycles. The number of alkyl carbamates (subject to hydrolysis) is 1. The Morgan fingerprint density at radius 2 is 1.98 bits per heavy atom. The third-order valence-electron chi connectivity index (χ3n) is 7.10. The van der Waals surface area contributed by atoms with Crippen LogP contribution < -0.4 is 10.1 Å². The summed E-state index contributed by atoms with van der Waals surface area (Å²) in [4.78, 5) is 32.6. The van der Waals surface area contributed by atoms with Gasteiger partial charge in [-0.3, -0.25) is 4.79 Å². The van der Waals surface area contributed by atoms with E-state index in [9.17, 15) is 14.9 Å². The maximum atomic E-state index is 13.6. The van der Waals surface area contributed by atoms with Crippen LogP contribution >= 0.6 is 0 Å². The highest BCUT2D eigenvalue weighted by atomic mass is 16.6. The monoisotopic (exact) mass is 542 g/mol. The van der Waals surface area contributed by atoms with E-state index in [4.69, 9.17) is 14.5 Å².